The molecule has 0 radical (unpaired) electrons. The Morgan fingerprint density at radius 2 is 1.96 bits per heavy atom. The first-order valence-electron chi connectivity index (χ1n) is 8.25. The van der Waals surface area contributed by atoms with Gasteiger partial charge < -0.3 is 4.74 Å². The zero-order valence-electron chi connectivity index (χ0n) is 14.8. The van der Waals surface area contributed by atoms with E-state index in [1.165, 1.54) is 11.6 Å². The molecule has 0 bridgehead atoms. The van der Waals surface area contributed by atoms with Crippen molar-refractivity contribution in [3.05, 3.63) is 61.2 Å². The second kappa shape index (κ2) is 8.68. The SMILES string of the molecule is C=CC[N+](C)(Cc1ccccc1)C(C)(CCCC)OC(=O)C=C. The molecule has 0 spiro atoms. The molecule has 2 unspecified atom stereocenters. The number of unbranched alkanes of at least 4 members (excludes halogenated alkanes) is 1. The van der Waals surface area contributed by atoms with Crippen LogP contribution in [0, 0.1) is 0 Å². The molecule has 0 saturated heterocycles. The first-order chi connectivity index (χ1) is 10.9. The molecule has 0 fully saturated rings. The van der Waals surface area contributed by atoms with Crippen molar-refractivity contribution in [1.82, 2.24) is 0 Å². The molecule has 0 amide bonds. The third kappa shape index (κ3) is 5.07. The van der Waals surface area contributed by atoms with Crippen LogP contribution in [0.2, 0.25) is 0 Å². The van der Waals surface area contributed by atoms with E-state index in [-0.39, 0.29) is 5.97 Å². The summed E-state index contributed by atoms with van der Waals surface area (Å²) in [6.45, 7) is 13.1. The molecular formula is C20H30NO2+. The third-order valence-corrected chi connectivity index (χ3v) is 4.53. The lowest BCUT2D eigenvalue weighted by molar-refractivity contribution is -0.986. The molecule has 1 aromatic rings. The smallest absolute Gasteiger partial charge is 0.334 e. The lowest BCUT2D eigenvalue weighted by atomic mass is 10.0. The Balaban J connectivity index is 3.17. The van der Waals surface area contributed by atoms with Gasteiger partial charge in [-0.05, 0) is 12.5 Å². The van der Waals surface area contributed by atoms with E-state index >= 15 is 0 Å². The van der Waals surface area contributed by atoms with E-state index in [9.17, 15) is 4.79 Å². The summed E-state index contributed by atoms with van der Waals surface area (Å²) < 4.78 is 6.42. The maximum atomic E-state index is 11.9. The van der Waals surface area contributed by atoms with Gasteiger partial charge in [-0.3, -0.25) is 4.48 Å². The first-order valence-corrected chi connectivity index (χ1v) is 8.25. The number of likely N-dealkylation sites (N-methyl/N-ethyl adjacent to an activating group) is 1. The van der Waals surface area contributed by atoms with Crippen molar-refractivity contribution in [2.45, 2.75) is 45.4 Å². The van der Waals surface area contributed by atoms with Crippen LogP contribution in [0.15, 0.2) is 55.6 Å². The van der Waals surface area contributed by atoms with E-state index in [4.69, 9.17) is 4.74 Å². The van der Waals surface area contributed by atoms with Crippen LogP contribution in [0.3, 0.4) is 0 Å². The van der Waals surface area contributed by atoms with Gasteiger partial charge in [-0.15, -0.1) is 0 Å². The Hall–Kier alpha value is -1.87. The molecule has 0 N–H and O–H groups in total. The zero-order valence-corrected chi connectivity index (χ0v) is 14.8. The van der Waals surface area contributed by atoms with Gasteiger partial charge in [0.05, 0.1) is 7.05 Å². The van der Waals surface area contributed by atoms with Crippen LogP contribution in [0.1, 0.15) is 38.7 Å². The van der Waals surface area contributed by atoms with Crippen molar-refractivity contribution in [3.63, 3.8) is 0 Å². The van der Waals surface area contributed by atoms with Crippen LogP contribution in [0.25, 0.3) is 0 Å². The van der Waals surface area contributed by atoms with E-state index in [0.29, 0.717) is 4.48 Å². The molecular weight excluding hydrogens is 286 g/mol. The van der Waals surface area contributed by atoms with Gasteiger partial charge in [0.25, 0.3) is 0 Å². The minimum absolute atomic E-state index is 0.370. The van der Waals surface area contributed by atoms with Gasteiger partial charge in [-0.25, -0.2) is 4.79 Å². The second-order valence-corrected chi connectivity index (χ2v) is 6.41. The molecule has 1 rings (SSSR count). The van der Waals surface area contributed by atoms with Crippen LogP contribution < -0.4 is 0 Å². The fourth-order valence-corrected chi connectivity index (χ4v) is 2.89. The van der Waals surface area contributed by atoms with Crippen LogP contribution in [-0.2, 0) is 16.1 Å². The Labute approximate surface area is 140 Å². The molecule has 3 heteroatoms. The predicted octanol–water partition coefficient (Wildman–Crippen LogP) is 4.45. The number of hydrogen-bond acceptors (Lipinski definition) is 2. The largest absolute Gasteiger partial charge is 0.407 e. The van der Waals surface area contributed by atoms with Crippen molar-refractivity contribution in [2.24, 2.45) is 0 Å². The lowest BCUT2D eigenvalue weighted by Gasteiger charge is -2.47. The number of ether oxygens (including phenoxy) is 1. The normalized spacial score (nSPS) is 16.0. The van der Waals surface area contributed by atoms with Gasteiger partial charge in [0.2, 0.25) is 5.72 Å². The number of quaternary nitrogens is 1. The van der Waals surface area contributed by atoms with E-state index < -0.39 is 5.72 Å². The van der Waals surface area contributed by atoms with E-state index in [1.807, 2.05) is 31.2 Å². The molecule has 2 atom stereocenters. The first kappa shape index (κ1) is 19.2. The fraction of sp³-hybridized carbons (Fsp3) is 0.450. The highest BCUT2D eigenvalue weighted by Crippen LogP contribution is 2.33. The minimum atomic E-state index is -0.620. The second-order valence-electron chi connectivity index (χ2n) is 6.41. The predicted molar refractivity (Wildman–Crippen MR) is 95.6 cm³/mol. The van der Waals surface area contributed by atoms with Gasteiger partial charge >= 0.3 is 5.97 Å². The maximum absolute atomic E-state index is 11.9. The lowest BCUT2D eigenvalue weighted by Crippen LogP contribution is -2.62. The highest BCUT2D eigenvalue weighted by Gasteiger charge is 2.46. The number of nitrogens with zero attached hydrogens (tertiary/aromatic N) is 1. The number of rotatable bonds is 10. The Morgan fingerprint density at radius 1 is 1.30 bits per heavy atom. The molecule has 0 aliphatic carbocycles. The highest BCUT2D eigenvalue weighted by atomic mass is 16.6. The molecule has 0 aliphatic heterocycles. The van der Waals surface area contributed by atoms with Crippen LogP contribution in [-0.4, -0.2) is 29.8 Å². The Morgan fingerprint density at radius 3 is 2.48 bits per heavy atom. The average Bonchev–Trinajstić information content (AvgIpc) is 2.53. The minimum Gasteiger partial charge on any atom is -0.407 e. The third-order valence-electron chi connectivity index (χ3n) is 4.53. The summed E-state index contributed by atoms with van der Waals surface area (Å²) in [6.07, 6.45) is 6.00. The van der Waals surface area contributed by atoms with Crippen LogP contribution >= 0.6 is 0 Å². The number of carbonyl (C=O) groups excluding carboxylic acids is 1. The summed E-state index contributed by atoms with van der Waals surface area (Å²) in [5.74, 6) is -0.370. The monoisotopic (exact) mass is 316 g/mol. The van der Waals surface area contributed by atoms with Crippen LogP contribution in [0.4, 0.5) is 0 Å². The number of esters is 1. The molecule has 1 aromatic carbocycles. The van der Waals surface area contributed by atoms with Gasteiger partial charge in [0, 0.05) is 25.0 Å². The van der Waals surface area contributed by atoms with Gasteiger partial charge in [-0.2, -0.15) is 0 Å². The van der Waals surface area contributed by atoms with Crippen molar-refractivity contribution in [1.29, 1.82) is 0 Å². The van der Waals surface area contributed by atoms with Gasteiger partial charge in [0.1, 0.15) is 13.1 Å². The highest BCUT2D eigenvalue weighted by molar-refractivity contribution is 5.81. The maximum Gasteiger partial charge on any atom is 0.334 e. The van der Waals surface area contributed by atoms with Crippen molar-refractivity contribution in [3.8, 4) is 0 Å². The summed E-state index contributed by atoms with van der Waals surface area (Å²) in [4.78, 5) is 11.9. The Kier molecular flexibility index (Phi) is 7.24. The zero-order chi connectivity index (χ0) is 17.3. The summed E-state index contributed by atoms with van der Waals surface area (Å²) in [7, 11) is 2.13. The van der Waals surface area contributed by atoms with Gasteiger partial charge in [0.15, 0.2) is 0 Å². The van der Waals surface area contributed by atoms with Crippen molar-refractivity contribution >= 4 is 5.97 Å². The summed E-state index contributed by atoms with van der Waals surface area (Å²) in [6, 6.07) is 10.3. The quantitative estimate of drug-likeness (QED) is 0.209. The van der Waals surface area contributed by atoms with E-state index in [1.54, 1.807) is 0 Å². The number of carbonyl (C=O) groups is 1. The average molecular weight is 316 g/mol. The van der Waals surface area contributed by atoms with Crippen molar-refractivity contribution in [2.75, 3.05) is 13.6 Å². The molecule has 3 nitrogen and oxygen atoms in total. The van der Waals surface area contributed by atoms with Crippen molar-refractivity contribution < 1.29 is 14.0 Å². The summed E-state index contributed by atoms with van der Waals surface area (Å²) >= 11 is 0. The molecule has 0 heterocycles. The van der Waals surface area contributed by atoms with Gasteiger partial charge in [-0.1, -0.05) is 56.8 Å². The fourth-order valence-electron chi connectivity index (χ4n) is 2.89. The number of benzene rings is 1. The molecule has 126 valence electrons. The molecule has 0 saturated carbocycles. The van der Waals surface area contributed by atoms with Crippen LogP contribution in [0.5, 0.6) is 0 Å². The molecule has 0 aromatic heterocycles. The van der Waals surface area contributed by atoms with E-state index in [2.05, 4.69) is 39.3 Å². The number of hydrogen-bond donors (Lipinski definition) is 0. The van der Waals surface area contributed by atoms with E-state index in [0.717, 1.165) is 32.4 Å². The topological polar surface area (TPSA) is 26.3 Å². The standard InChI is InChI=1S/C20H30NO2/c1-6-9-15-20(4,23-19(22)8-3)21(5,16-7-2)17-18-13-11-10-12-14-18/h7-8,10-14H,2-3,6,9,15-17H2,1,4-5H3/q+1. The molecule has 0 aliphatic rings. The summed E-state index contributed by atoms with van der Waals surface area (Å²) in [5.41, 5.74) is 0.597. The summed E-state index contributed by atoms with van der Waals surface area (Å²) in [5, 5.41) is 0. The molecule has 23 heavy (non-hydrogen) atoms. The Bertz CT molecular complexity index is 526.